The number of nitrogens with zero attached hydrogens (tertiary/aromatic N) is 3. The lowest BCUT2D eigenvalue weighted by molar-refractivity contribution is -0.118. The van der Waals surface area contributed by atoms with Gasteiger partial charge in [0.2, 0.25) is 5.91 Å². The summed E-state index contributed by atoms with van der Waals surface area (Å²) in [7, 11) is 3.95. The second-order valence-corrected chi connectivity index (χ2v) is 8.71. The van der Waals surface area contributed by atoms with Crippen LogP contribution < -0.4 is 10.2 Å². The Labute approximate surface area is 176 Å². The fourth-order valence-electron chi connectivity index (χ4n) is 2.61. The largest absolute Gasteiger partial charge is 0.378 e. The highest BCUT2D eigenvalue weighted by atomic mass is 32.2. The average molecular weight is 435 g/mol. The van der Waals surface area contributed by atoms with Crippen LogP contribution in [-0.2, 0) is 11.2 Å². The summed E-state index contributed by atoms with van der Waals surface area (Å²) in [6.07, 6.45) is 2.12. The van der Waals surface area contributed by atoms with Crippen molar-refractivity contribution in [2.75, 3.05) is 19.0 Å². The van der Waals surface area contributed by atoms with Gasteiger partial charge in [-0.25, -0.2) is 0 Å². The molecule has 1 aliphatic rings. The van der Waals surface area contributed by atoms with Crippen LogP contribution in [0, 0.1) is 0 Å². The SMILES string of the molecule is CN(C)c1ccc(/C=N/N=C2/NC(=O)C(Cc3ccc(SC(F)F)cc3)S2)cc1. The monoisotopic (exact) mass is 434 g/mol. The number of halogens is 2. The van der Waals surface area contributed by atoms with E-state index in [-0.39, 0.29) is 11.2 Å². The van der Waals surface area contributed by atoms with Gasteiger partial charge in [0.25, 0.3) is 5.76 Å². The molecule has 1 fully saturated rings. The highest BCUT2D eigenvalue weighted by Crippen LogP contribution is 2.27. The molecule has 1 saturated heterocycles. The third-order valence-electron chi connectivity index (χ3n) is 4.11. The van der Waals surface area contributed by atoms with Crippen molar-refractivity contribution in [3.05, 3.63) is 59.7 Å². The predicted octanol–water partition coefficient (Wildman–Crippen LogP) is 4.23. The Balaban J connectivity index is 1.56. The number of carbonyl (C=O) groups excluding carboxylic acids is 1. The fraction of sp³-hybridized carbons (Fsp3) is 0.250. The van der Waals surface area contributed by atoms with Crippen LogP contribution in [0.5, 0.6) is 0 Å². The Morgan fingerprint density at radius 1 is 1.17 bits per heavy atom. The quantitative estimate of drug-likeness (QED) is 0.403. The van der Waals surface area contributed by atoms with Gasteiger partial charge < -0.3 is 10.2 Å². The Morgan fingerprint density at radius 2 is 1.86 bits per heavy atom. The first kappa shape index (κ1) is 21.3. The van der Waals surface area contributed by atoms with Crippen LogP contribution in [0.25, 0.3) is 0 Å². The number of benzene rings is 2. The van der Waals surface area contributed by atoms with Crippen molar-refractivity contribution < 1.29 is 13.6 Å². The zero-order chi connectivity index (χ0) is 20.8. The van der Waals surface area contributed by atoms with Gasteiger partial charge >= 0.3 is 0 Å². The van der Waals surface area contributed by atoms with E-state index in [1.807, 2.05) is 43.3 Å². The molecule has 0 aromatic heterocycles. The van der Waals surface area contributed by atoms with Gasteiger partial charge in [-0.05, 0) is 41.8 Å². The van der Waals surface area contributed by atoms with E-state index in [0.717, 1.165) is 16.8 Å². The third kappa shape index (κ3) is 6.30. The highest BCUT2D eigenvalue weighted by molar-refractivity contribution is 8.15. The molecule has 9 heteroatoms. The van der Waals surface area contributed by atoms with Gasteiger partial charge in [-0.15, -0.1) is 5.10 Å². The molecule has 1 amide bonds. The molecular formula is C20H20F2N4OS2. The first-order valence-electron chi connectivity index (χ1n) is 8.80. The smallest absolute Gasteiger partial charge is 0.288 e. The molecule has 2 aromatic carbocycles. The summed E-state index contributed by atoms with van der Waals surface area (Å²) in [5.74, 6) is -2.58. The minimum atomic E-state index is -2.44. The van der Waals surface area contributed by atoms with E-state index in [1.165, 1.54) is 11.8 Å². The second kappa shape index (κ2) is 9.89. The summed E-state index contributed by atoms with van der Waals surface area (Å²) in [5.41, 5.74) is 2.91. The van der Waals surface area contributed by atoms with Crippen LogP contribution in [-0.4, -0.2) is 42.4 Å². The number of thioether (sulfide) groups is 2. The lowest BCUT2D eigenvalue weighted by atomic mass is 10.1. The van der Waals surface area contributed by atoms with Crippen LogP contribution in [0.1, 0.15) is 11.1 Å². The van der Waals surface area contributed by atoms with Gasteiger partial charge in [-0.2, -0.15) is 13.9 Å². The van der Waals surface area contributed by atoms with Crippen LogP contribution in [0.4, 0.5) is 14.5 Å². The Morgan fingerprint density at radius 3 is 2.48 bits per heavy atom. The number of amidine groups is 1. The molecule has 1 unspecified atom stereocenters. The summed E-state index contributed by atoms with van der Waals surface area (Å²) < 4.78 is 24.8. The van der Waals surface area contributed by atoms with Crippen LogP contribution >= 0.6 is 23.5 Å². The van der Waals surface area contributed by atoms with E-state index in [2.05, 4.69) is 15.5 Å². The van der Waals surface area contributed by atoms with E-state index in [0.29, 0.717) is 28.2 Å². The maximum Gasteiger partial charge on any atom is 0.288 e. The molecule has 0 saturated carbocycles. The number of carbonyl (C=O) groups is 1. The van der Waals surface area contributed by atoms with Gasteiger partial charge in [-0.1, -0.05) is 47.8 Å². The average Bonchev–Trinajstić information content (AvgIpc) is 3.02. The number of hydrogen-bond acceptors (Lipinski definition) is 6. The molecule has 1 aliphatic heterocycles. The van der Waals surface area contributed by atoms with Crippen molar-refractivity contribution in [3.63, 3.8) is 0 Å². The molecular weight excluding hydrogens is 414 g/mol. The topological polar surface area (TPSA) is 57.1 Å². The number of rotatable bonds is 7. The molecule has 0 bridgehead atoms. The summed E-state index contributed by atoms with van der Waals surface area (Å²) in [4.78, 5) is 14.7. The summed E-state index contributed by atoms with van der Waals surface area (Å²) in [6, 6.07) is 14.7. The molecule has 3 rings (SSSR count). The van der Waals surface area contributed by atoms with E-state index in [4.69, 9.17) is 0 Å². The van der Waals surface area contributed by atoms with Crippen LogP contribution in [0.2, 0.25) is 0 Å². The summed E-state index contributed by atoms with van der Waals surface area (Å²) in [5, 5.41) is 11.0. The first-order chi connectivity index (χ1) is 13.9. The summed E-state index contributed by atoms with van der Waals surface area (Å²) in [6.45, 7) is 0. The molecule has 1 N–H and O–H groups in total. The molecule has 0 aliphatic carbocycles. The fourth-order valence-corrected chi connectivity index (χ4v) is 4.08. The van der Waals surface area contributed by atoms with Crippen molar-refractivity contribution in [2.24, 2.45) is 10.2 Å². The summed E-state index contributed by atoms with van der Waals surface area (Å²) >= 11 is 1.82. The molecule has 1 atom stereocenters. The van der Waals surface area contributed by atoms with Crippen molar-refractivity contribution in [2.45, 2.75) is 22.3 Å². The molecule has 152 valence electrons. The molecule has 2 aromatic rings. The van der Waals surface area contributed by atoms with E-state index in [1.54, 1.807) is 30.5 Å². The Bertz CT molecular complexity index is 900. The van der Waals surface area contributed by atoms with Crippen LogP contribution in [0.3, 0.4) is 0 Å². The minimum absolute atomic E-state index is 0.134. The van der Waals surface area contributed by atoms with Gasteiger partial charge in [0.05, 0.1) is 11.5 Å². The van der Waals surface area contributed by atoms with Crippen molar-refractivity contribution >= 4 is 46.5 Å². The standard InChI is InChI=1S/C20H20F2N4OS2/c1-26(2)15-7-3-14(4-8-15)12-23-25-20-24-18(27)17(29-20)11-13-5-9-16(10-6-13)28-19(21)22/h3-10,12,17,19H,11H2,1-2H3,(H,24,25,27)/b23-12+. The zero-order valence-electron chi connectivity index (χ0n) is 15.9. The number of nitrogens with one attached hydrogen (secondary N) is 1. The Kier molecular flexibility index (Phi) is 7.27. The van der Waals surface area contributed by atoms with Crippen molar-refractivity contribution in [1.82, 2.24) is 5.32 Å². The number of anilines is 1. The predicted molar refractivity (Wildman–Crippen MR) is 117 cm³/mol. The minimum Gasteiger partial charge on any atom is -0.378 e. The molecule has 0 spiro atoms. The van der Waals surface area contributed by atoms with Gasteiger partial charge in [0, 0.05) is 24.7 Å². The molecule has 5 nitrogen and oxygen atoms in total. The van der Waals surface area contributed by atoms with E-state index >= 15 is 0 Å². The van der Waals surface area contributed by atoms with Gasteiger partial charge in [0.15, 0.2) is 5.17 Å². The lowest BCUT2D eigenvalue weighted by Gasteiger charge is -2.11. The number of hydrogen-bond donors (Lipinski definition) is 1. The second-order valence-electron chi connectivity index (χ2n) is 6.46. The first-order valence-corrected chi connectivity index (χ1v) is 10.6. The maximum atomic E-state index is 12.4. The van der Waals surface area contributed by atoms with Gasteiger partial charge in [-0.3, -0.25) is 4.79 Å². The molecule has 29 heavy (non-hydrogen) atoms. The lowest BCUT2D eigenvalue weighted by Crippen LogP contribution is -2.25. The zero-order valence-corrected chi connectivity index (χ0v) is 17.5. The Hall–Kier alpha value is -2.39. The van der Waals surface area contributed by atoms with Crippen LogP contribution in [0.15, 0.2) is 63.6 Å². The van der Waals surface area contributed by atoms with Gasteiger partial charge in [0.1, 0.15) is 0 Å². The number of alkyl halides is 2. The third-order valence-corrected chi connectivity index (χ3v) is 5.91. The number of amides is 1. The highest BCUT2D eigenvalue weighted by Gasteiger charge is 2.30. The van der Waals surface area contributed by atoms with E-state index in [9.17, 15) is 13.6 Å². The normalized spacial score (nSPS) is 18.0. The van der Waals surface area contributed by atoms with E-state index < -0.39 is 5.76 Å². The molecule has 1 heterocycles. The maximum absolute atomic E-state index is 12.4. The van der Waals surface area contributed by atoms with Crippen molar-refractivity contribution in [1.29, 1.82) is 0 Å². The molecule has 0 radical (unpaired) electrons. The van der Waals surface area contributed by atoms with Crippen molar-refractivity contribution in [3.8, 4) is 0 Å².